The van der Waals surface area contributed by atoms with Crippen molar-refractivity contribution in [3.63, 3.8) is 0 Å². The minimum atomic E-state index is -4.45. The number of aromatic amines is 1. The smallest absolute Gasteiger partial charge is 0.416 e. The Labute approximate surface area is 115 Å². The molecule has 2 heterocycles. The minimum absolute atomic E-state index is 0.0349. The van der Waals surface area contributed by atoms with E-state index in [1.165, 1.54) is 12.1 Å². The Hall–Kier alpha value is -2.77. The van der Waals surface area contributed by atoms with E-state index in [2.05, 4.69) is 10.1 Å². The summed E-state index contributed by atoms with van der Waals surface area (Å²) in [4.78, 5) is 13.7. The Morgan fingerprint density at radius 2 is 2.05 bits per heavy atom. The first kappa shape index (κ1) is 13.2. The molecule has 3 aromatic rings. The lowest BCUT2D eigenvalue weighted by Crippen LogP contribution is -2.03. The third-order valence-electron chi connectivity index (χ3n) is 3.00. The van der Waals surface area contributed by atoms with Crippen LogP contribution in [0.15, 0.2) is 35.0 Å². The van der Waals surface area contributed by atoms with Gasteiger partial charge in [-0.1, -0.05) is 11.2 Å². The summed E-state index contributed by atoms with van der Waals surface area (Å²) >= 11 is 0. The number of hydrogen-bond acceptors (Lipinski definition) is 3. The van der Waals surface area contributed by atoms with Gasteiger partial charge in [-0.2, -0.15) is 13.2 Å². The zero-order valence-electron chi connectivity index (χ0n) is 10.2. The highest BCUT2D eigenvalue weighted by Crippen LogP contribution is 2.33. The maximum Gasteiger partial charge on any atom is 0.416 e. The second kappa shape index (κ2) is 4.37. The van der Waals surface area contributed by atoms with Crippen LogP contribution in [0, 0.1) is 0 Å². The van der Waals surface area contributed by atoms with Crippen LogP contribution in [0.5, 0.6) is 0 Å². The summed E-state index contributed by atoms with van der Waals surface area (Å²) in [5.41, 5.74) is -0.483. The molecular weight excluding hydrogens is 289 g/mol. The van der Waals surface area contributed by atoms with Crippen molar-refractivity contribution in [2.75, 3.05) is 0 Å². The number of alkyl halides is 3. The Balaban J connectivity index is 2.13. The fraction of sp³-hybridized carbons (Fsp3) is 0.0769. The Morgan fingerprint density at radius 3 is 2.71 bits per heavy atom. The Bertz CT molecular complexity index is 833. The quantitative estimate of drug-likeness (QED) is 0.758. The number of carboxylic acids is 1. The number of nitrogens with one attached hydrogen (secondary N) is 1. The molecule has 0 radical (unpaired) electrons. The fourth-order valence-electron chi connectivity index (χ4n) is 2.01. The van der Waals surface area contributed by atoms with E-state index < -0.39 is 17.7 Å². The molecule has 0 saturated heterocycles. The van der Waals surface area contributed by atoms with Gasteiger partial charge in [0.05, 0.1) is 17.5 Å². The number of carboxylic acid groups (broad SMARTS) is 1. The lowest BCUT2D eigenvalue weighted by atomic mass is 10.1. The predicted octanol–water partition coefficient (Wildman–Crippen LogP) is 3.54. The molecule has 0 fully saturated rings. The summed E-state index contributed by atoms with van der Waals surface area (Å²) in [7, 11) is 0. The lowest BCUT2D eigenvalue weighted by molar-refractivity contribution is -0.137. The van der Waals surface area contributed by atoms with Crippen molar-refractivity contribution in [1.29, 1.82) is 0 Å². The molecule has 2 aromatic heterocycles. The third kappa shape index (κ3) is 2.24. The van der Waals surface area contributed by atoms with Crippen LogP contribution < -0.4 is 0 Å². The molecule has 0 aliphatic heterocycles. The first-order valence-electron chi connectivity index (χ1n) is 5.74. The van der Waals surface area contributed by atoms with Gasteiger partial charge >= 0.3 is 12.1 Å². The summed E-state index contributed by atoms with van der Waals surface area (Å²) in [5.74, 6) is -1.27. The molecule has 0 amide bonds. The molecule has 0 bridgehead atoms. The van der Waals surface area contributed by atoms with Crippen LogP contribution in [0.25, 0.3) is 22.4 Å². The molecule has 3 rings (SSSR count). The number of halogens is 3. The van der Waals surface area contributed by atoms with E-state index in [1.54, 1.807) is 0 Å². The van der Waals surface area contributed by atoms with Crippen molar-refractivity contribution in [3.8, 4) is 11.5 Å². The molecule has 8 heteroatoms. The highest BCUT2D eigenvalue weighted by molar-refractivity contribution is 5.95. The first-order valence-corrected chi connectivity index (χ1v) is 5.74. The predicted molar refractivity (Wildman–Crippen MR) is 65.8 cm³/mol. The van der Waals surface area contributed by atoms with Crippen LogP contribution in [0.1, 0.15) is 15.9 Å². The summed E-state index contributed by atoms with van der Waals surface area (Å²) in [6.07, 6.45) is -3.41. The number of rotatable bonds is 2. The van der Waals surface area contributed by atoms with Crippen molar-refractivity contribution in [2.45, 2.75) is 6.18 Å². The average molecular weight is 296 g/mol. The number of H-pyrrole nitrogens is 1. The molecule has 2 N–H and O–H groups in total. The number of nitrogens with zero attached hydrogens (tertiary/aromatic N) is 1. The van der Waals surface area contributed by atoms with Crippen LogP contribution in [-0.4, -0.2) is 21.2 Å². The van der Waals surface area contributed by atoms with Crippen LogP contribution in [0.4, 0.5) is 13.2 Å². The third-order valence-corrected chi connectivity index (χ3v) is 3.00. The van der Waals surface area contributed by atoms with Crippen molar-refractivity contribution in [3.05, 3.63) is 41.6 Å². The van der Waals surface area contributed by atoms with Crippen molar-refractivity contribution < 1.29 is 27.6 Å². The number of fused-ring (bicyclic) bond motifs is 1. The van der Waals surface area contributed by atoms with Gasteiger partial charge in [0.15, 0.2) is 5.76 Å². The van der Waals surface area contributed by atoms with E-state index in [0.29, 0.717) is 5.39 Å². The highest BCUT2D eigenvalue weighted by Gasteiger charge is 2.30. The zero-order chi connectivity index (χ0) is 15.2. The largest absolute Gasteiger partial charge is 0.477 e. The van der Waals surface area contributed by atoms with Crippen molar-refractivity contribution >= 4 is 16.9 Å². The molecule has 0 spiro atoms. The topological polar surface area (TPSA) is 79.1 Å². The molecule has 0 aliphatic rings. The molecule has 0 atom stereocenters. The molecule has 0 saturated carbocycles. The standard InChI is InChI=1S/C13H7F3N2O3/c14-13(15,16)7-2-1-6-3-10(18-9(6)4-7)11-8(12(19)20)5-17-21-11/h1-5,18H,(H,19,20). The monoisotopic (exact) mass is 296 g/mol. The van der Waals surface area contributed by atoms with Gasteiger partial charge in [-0.3, -0.25) is 0 Å². The van der Waals surface area contributed by atoms with Crippen LogP contribution >= 0.6 is 0 Å². The number of aromatic nitrogens is 2. The van der Waals surface area contributed by atoms with Crippen LogP contribution in [0.2, 0.25) is 0 Å². The highest BCUT2D eigenvalue weighted by atomic mass is 19.4. The molecule has 1 aromatic carbocycles. The maximum absolute atomic E-state index is 12.6. The van der Waals surface area contributed by atoms with E-state index in [4.69, 9.17) is 9.63 Å². The van der Waals surface area contributed by atoms with Gasteiger partial charge in [-0.05, 0) is 18.2 Å². The summed E-state index contributed by atoms with van der Waals surface area (Å²) in [5, 5.41) is 12.9. The maximum atomic E-state index is 12.6. The fourth-order valence-corrected chi connectivity index (χ4v) is 2.01. The molecule has 5 nitrogen and oxygen atoms in total. The molecule has 0 aliphatic carbocycles. The van der Waals surface area contributed by atoms with Gasteiger partial charge in [0.2, 0.25) is 0 Å². The van der Waals surface area contributed by atoms with Crippen molar-refractivity contribution in [1.82, 2.24) is 10.1 Å². The molecule has 108 valence electrons. The Kier molecular flexibility index (Phi) is 2.75. The van der Waals surface area contributed by atoms with Gasteiger partial charge in [0.25, 0.3) is 0 Å². The van der Waals surface area contributed by atoms with Crippen molar-refractivity contribution in [2.24, 2.45) is 0 Å². The minimum Gasteiger partial charge on any atom is -0.477 e. The number of aromatic carboxylic acids is 1. The van der Waals surface area contributed by atoms with E-state index in [0.717, 1.165) is 18.3 Å². The first-order chi connectivity index (χ1) is 9.86. The lowest BCUT2D eigenvalue weighted by Gasteiger charge is -2.05. The van der Waals surface area contributed by atoms with Gasteiger partial charge in [-0.15, -0.1) is 0 Å². The number of hydrogen-bond donors (Lipinski definition) is 2. The van der Waals surface area contributed by atoms with Crippen LogP contribution in [-0.2, 0) is 6.18 Å². The number of carbonyl (C=O) groups is 1. The van der Waals surface area contributed by atoms with E-state index in [-0.39, 0.29) is 22.5 Å². The van der Waals surface area contributed by atoms with E-state index in [9.17, 15) is 18.0 Å². The normalized spacial score (nSPS) is 12.0. The van der Waals surface area contributed by atoms with Gasteiger partial charge < -0.3 is 14.6 Å². The second-order valence-corrected chi connectivity index (χ2v) is 4.36. The average Bonchev–Trinajstić information content (AvgIpc) is 3.02. The van der Waals surface area contributed by atoms with Crippen LogP contribution in [0.3, 0.4) is 0 Å². The van der Waals surface area contributed by atoms with Gasteiger partial charge in [0, 0.05) is 10.9 Å². The summed E-state index contributed by atoms with van der Waals surface area (Å²) < 4.78 is 42.8. The molecule has 21 heavy (non-hydrogen) atoms. The molecular formula is C13H7F3N2O3. The SMILES string of the molecule is O=C(O)c1cnoc1-c1cc2ccc(C(F)(F)F)cc2[nH]1. The van der Waals surface area contributed by atoms with E-state index in [1.807, 2.05) is 0 Å². The second-order valence-electron chi connectivity index (χ2n) is 4.36. The molecule has 0 unspecified atom stereocenters. The Morgan fingerprint density at radius 1 is 1.29 bits per heavy atom. The summed E-state index contributed by atoms with van der Waals surface area (Å²) in [6, 6.07) is 4.71. The van der Waals surface area contributed by atoms with Gasteiger partial charge in [-0.25, -0.2) is 4.79 Å². The van der Waals surface area contributed by atoms with Gasteiger partial charge in [0.1, 0.15) is 5.56 Å². The summed E-state index contributed by atoms with van der Waals surface area (Å²) in [6.45, 7) is 0. The number of benzene rings is 1. The van der Waals surface area contributed by atoms with E-state index >= 15 is 0 Å². The zero-order valence-corrected chi connectivity index (χ0v) is 10.2.